The molecule has 0 fully saturated rings. The van der Waals surface area contributed by atoms with Gasteiger partial charge in [-0.3, -0.25) is 0 Å². The van der Waals surface area contributed by atoms with Crippen LogP contribution in [0.5, 0.6) is 0 Å². The third-order valence-electron chi connectivity index (χ3n) is 2.27. The van der Waals surface area contributed by atoms with Crippen LogP contribution in [-0.2, 0) is 0 Å². The van der Waals surface area contributed by atoms with Gasteiger partial charge in [0.05, 0.1) is 5.56 Å². The second-order valence-electron chi connectivity index (χ2n) is 4.09. The maximum absolute atomic E-state index is 8.99. The Morgan fingerprint density at radius 3 is 2.73 bits per heavy atom. The van der Waals surface area contributed by atoms with Gasteiger partial charge in [-0.15, -0.1) is 11.8 Å². The summed E-state index contributed by atoms with van der Waals surface area (Å²) in [4.78, 5) is 1.15. The maximum Gasteiger partial charge on any atom is 0.100 e. The third kappa shape index (κ3) is 3.60. The third-order valence-corrected chi connectivity index (χ3v) is 3.54. The Hall–Kier alpha value is -0.940. The Bertz CT molecular complexity index is 363. The topological polar surface area (TPSA) is 23.8 Å². The van der Waals surface area contributed by atoms with Crippen molar-refractivity contribution in [2.75, 3.05) is 5.75 Å². The molecule has 0 N–H and O–H groups in total. The molecule has 0 saturated heterocycles. The van der Waals surface area contributed by atoms with E-state index >= 15 is 0 Å². The molecule has 1 nitrogen and oxygen atoms in total. The largest absolute Gasteiger partial charge is 0.192 e. The summed E-state index contributed by atoms with van der Waals surface area (Å²) in [7, 11) is 0. The first-order valence-electron chi connectivity index (χ1n) is 5.27. The summed E-state index contributed by atoms with van der Waals surface area (Å²) in [6, 6.07) is 8.16. The minimum atomic E-state index is 0.729. The Morgan fingerprint density at radius 2 is 2.13 bits per heavy atom. The van der Waals surface area contributed by atoms with Crippen molar-refractivity contribution in [1.29, 1.82) is 5.26 Å². The van der Waals surface area contributed by atoms with Gasteiger partial charge in [0.2, 0.25) is 0 Å². The lowest BCUT2D eigenvalue weighted by molar-refractivity contribution is 0.632. The molecule has 0 heterocycles. The Kier molecular flexibility index (Phi) is 4.71. The van der Waals surface area contributed by atoms with Crippen LogP contribution in [0, 0.1) is 24.2 Å². The van der Waals surface area contributed by atoms with Crippen molar-refractivity contribution in [2.45, 2.75) is 32.1 Å². The van der Waals surface area contributed by atoms with E-state index in [9.17, 15) is 0 Å². The fraction of sp³-hybridized carbons (Fsp3) is 0.462. The summed E-state index contributed by atoms with van der Waals surface area (Å²) in [6.45, 7) is 6.52. The highest BCUT2D eigenvalue weighted by atomic mass is 32.2. The fourth-order valence-electron chi connectivity index (χ4n) is 1.33. The van der Waals surface area contributed by atoms with Gasteiger partial charge in [0.25, 0.3) is 0 Å². The lowest BCUT2D eigenvalue weighted by Gasteiger charge is -2.08. The first kappa shape index (κ1) is 12.1. The monoisotopic (exact) mass is 219 g/mol. The van der Waals surface area contributed by atoms with Gasteiger partial charge >= 0.3 is 0 Å². The molecule has 0 spiro atoms. The van der Waals surface area contributed by atoms with Crippen LogP contribution in [0.4, 0.5) is 0 Å². The second kappa shape index (κ2) is 5.82. The van der Waals surface area contributed by atoms with Gasteiger partial charge in [-0.1, -0.05) is 26.0 Å². The standard InChI is InChI=1S/C13H17NS/c1-10(2)7-8-15-13-11(3)5-4-6-12(13)9-14/h4-6,10H,7-8H2,1-3H3. The molecule has 1 rings (SSSR count). The van der Waals surface area contributed by atoms with E-state index in [4.69, 9.17) is 5.26 Å². The Morgan fingerprint density at radius 1 is 1.40 bits per heavy atom. The van der Waals surface area contributed by atoms with Crippen LogP contribution >= 0.6 is 11.8 Å². The number of hydrogen-bond donors (Lipinski definition) is 0. The quantitative estimate of drug-likeness (QED) is 0.714. The number of rotatable bonds is 4. The van der Waals surface area contributed by atoms with E-state index in [0.29, 0.717) is 0 Å². The van der Waals surface area contributed by atoms with Crippen LogP contribution in [0.25, 0.3) is 0 Å². The molecule has 0 aliphatic rings. The molecule has 1 aromatic rings. The summed E-state index contributed by atoms with van der Waals surface area (Å²) in [5, 5.41) is 8.99. The summed E-state index contributed by atoms with van der Waals surface area (Å²) in [6.07, 6.45) is 1.20. The molecule has 2 heteroatoms. The van der Waals surface area contributed by atoms with Crippen LogP contribution in [-0.4, -0.2) is 5.75 Å². The molecular formula is C13H17NS. The van der Waals surface area contributed by atoms with Gasteiger partial charge in [0.1, 0.15) is 6.07 Å². The van der Waals surface area contributed by atoms with Crippen LogP contribution in [0.2, 0.25) is 0 Å². The average molecular weight is 219 g/mol. The van der Waals surface area contributed by atoms with Gasteiger partial charge in [-0.05, 0) is 36.6 Å². The molecule has 0 amide bonds. The fourth-order valence-corrected chi connectivity index (χ4v) is 2.69. The van der Waals surface area contributed by atoms with E-state index < -0.39 is 0 Å². The molecule has 0 radical (unpaired) electrons. The lowest BCUT2D eigenvalue weighted by Crippen LogP contribution is -1.92. The SMILES string of the molecule is Cc1cccc(C#N)c1SCCC(C)C. The van der Waals surface area contributed by atoms with Crippen LogP contribution in [0.1, 0.15) is 31.4 Å². The van der Waals surface area contributed by atoms with Crippen LogP contribution < -0.4 is 0 Å². The molecule has 0 bridgehead atoms. The molecule has 0 unspecified atom stereocenters. The zero-order valence-corrected chi connectivity index (χ0v) is 10.4. The van der Waals surface area contributed by atoms with E-state index in [0.717, 1.165) is 22.1 Å². The average Bonchev–Trinajstić information content (AvgIpc) is 2.20. The number of nitrogens with zero attached hydrogens (tertiary/aromatic N) is 1. The number of nitriles is 1. The summed E-state index contributed by atoms with van der Waals surface area (Å²) in [5.41, 5.74) is 2.02. The first-order chi connectivity index (χ1) is 7.15. The first-order valence-corrected chi connectivity index (χ1v) is 6.26. The molecule has 0 aliphatic carbocycles. The smallest absolute Gasteiger partial charge is 0.100 e. The maximum atomic E-state index is 8.99. The normalized spacial score (nSPS) is 10.3. The van der Waals surface area contributed by atoms with E-state index in [-0.39, 0.29) is 0 Å². The number of aryl methyl sites for hydroxylation is 1. The van der Waals surface area contributed by atoms with Crippen LogP contribution in [0.3, 0.4) is 0 Å². The molecule has 80 valence electrons. The number of benzene rings is 1. The van der Waals surface area contributed by atoms with E-state index in [1.165, 1.54) is 12.0 Å². The van der Waals surface area contributed by atoms with Crippen molar-refractivity contribution in [2.24, 2.45) is 5.92 Å². The number of hydrogen-bond acceptors (Lipinski definition) is 2. The Labute approximate surface area is 96.5 Å². The van der Waals surface area contributed by atoms with Gasteiger partial charge < -0.3 is 0 Å². The minimum Gasteiger partial charge on any atom is -0.192 e. The lowest BCUT2D eigenvalue weighted by atomic mass is 10.1. The van der Waals surface area contributed by atoms with Gasteiger partial charge in [-0.2, -0.15) is 5.26 Å². The van der Waals surface area contributed by atoms with Crippen molar-refractivity contribution < 1.29 is 0 Å². The molecule has 0 aromatic heterocycles. The van der Waals surface area contributed by atoms with E-state index in [2.05, 4.69) is 32.9 Å². The molecular weight excluding hydrogens is 202 g/mol. The molecule has 1 aromatic carbocycles. The Balaban J connectivity index is 2.71. The van der Waals surface area contributed by atoms with Crippen LogP contribution in [0.15, 0.2) is 23.1 Å². The molecule has 0 atom stereocenters. The van der Waals surface area contributed by atoms with Gasteiger partial charge in [-0.25, -0.2) is 0 Å². The summed E-state index contributed by atoms with van der Waals surface area (Å²) < 4.78 is 0. The van der Waals surface area contributed by atoms with E-state index in [1.54, 1.807) is 11.8 Å². The second-order valence-corrected chi connectivity index (χ2v) is 5.20. The molecule has 15 heavy (non-hydrogen) atoms. The highest BCUT2D eigenvalue weighted by molar-refractivity contribution is 7.99. The molecule has 0 aliphatic heterocycles. The summed E-state index contributed by atoms with van der Waals surface area (Å²) in [5.74, 6) is 1.82. The highest BCUT2D eigenvalue weighted by Gasteiger charge is 2.05. The molecule has 0 saturated carbocycles. The van der Waals surface area contributed by atoms with Crippen molar-refractivity contribution in [3.63, 3.8) is 0 Å². The zero-order chi connectivity index (χ0) is 11.3. The van der Waals surface area contributed by atoms with Crippen molar-refractivity contribution in [3.8, 4) is 6.07 Å². The van der Waals surface area contributed by atoms with Gasteiger partial charge in [0.15, 0.2) is 0 Å². The van der Waals surface area contributed by atoms with Gasteiger partial charge in [0, 0.05) is 4.90 Å². The van der Waals surface area contributed by atoms with Crippen molar-refractivity contribution >= 4 is 11.8 Å². The summed E-state index contributed by atoms with van der Waals surface area (Å²) >= 11 is 1.80. The predicted molar refractivity (Wildman–Crippen MR) is 66.1 cm³/mol. The number of thioether (sulfide) groups is 1. The van der Waals surface area contributed by atoms with Crippen molar-refractivity contribution in [3.05, 3.63) is 29.3 Å². The highest BCUT2D eigenvalue weighted by Crippen LogP contribution is 2.27. The van der Waals surface area contributed by atoms with E-state index in [1.807, 2.05) is 12.1 Å². The minimum absolute atomic E-state index is 0.729. The van der Waals surface area contributed by atoms with Crippen molar-refractivity contribution in [1.82, 2.24) is 0 Å². The predicted octanol–water partition coefficient (Wildman–Crippen LogP) is 4.00. The zero-order valence-electron chi connectivity index (χ0n) is 9.58.